The third kappa shape index (κ3) is 3.89. The first-order valence-electron chi connectivity index (χ1n) is 8.51. The van der Waals surface area contributed by atoms with Gasteiger partial charge in [-0.25, -0.2) is 13.1 Å². The van der Waals surface area contributed by atoms with Crippen molar-refractivity contribution in [2.45, 2.75) is 24.7 Å². The van der Waals surface area contributed by atoms with Crippen LogP contribution < -0.4 is 14.4 Å². The molecule has 0 saturated carbocycles. The number of nitrogens with zero attached hydrogens (tertiary/aromatic N) is 1. The van der Waals surface area contributed by atoms with Crippen molar-refractivity contribution in [3.8, 4) is 5.75 Å². The number of carbonyl (C=O) groups excluding carboxylic acids is 1. The van der Waals surface area contributed by atoms with Gasteiger partial charge in [0, 0.05) is 19.3 Å². The van der Waals surface area contributed by atoms with Crippen LogP contribution in [0.4, 0.5) is 5.69 Å². The maximum absolute atomic E-state index is 12.4. The lowest BCUT2D eigenvalue weighted by atomic mass is 10.2. The van der Waals surface area contributed by atoms with Crippen LogP contribution in [0.1, 0.15) is 18.1 Å². The van der Waals surface area contributed by atoms with Crippen LogP contribution in [0.5, 0.6) is 5.75 Å². The minimum Gasteiger partial charge on any atom is -0.492 e. The zero-order valence-electron chi connectivity index (χ0n) is 14.9. The van der Waals surface area contributed by atoms with Crippen molar-refractivity contribution in [2.75, 3.05) is 25.1 Å². The number of rotatable bonds is 7. The molecule has 0 spiro atoms. The Hall–Kier alpha value is -2.38. The summed E-state index contributed by atoms with van der Waals surface area (Å²) in [5.74, 6) is 0.688. The van der Waals surface area contributed by atoms with Gasteiger partial charge < -0.3 is 9.64 Å². The summed E-state index contributed by atoms with van der Waals surface area (Å²) in [4.78, 5) is 13.4. The van der Waals surface area contributed by atoms with Gasteiger partial charge in [0.25, 0.3) is 0 Å². The summed E-state index contributed by atoms with van der Waals surface area (Å²) in [5, 5.41) is 0. The van der Waals surface area contributed by atoms with Crippen molar-refractivity contribution in [2.24, 2.45) is 0 Å². The van der Waals surface area contributed by atoms with Crippen molar-refractivity contribution >= 4 is 21.6 Å². The molecule has 0 fully saturated rings. The smallest absolute Gasteiger partial charge is 0.240 e. The molecule has 1 aliphatic rings. The third-order valence-electron chi connectivity index (χ3n) is 4.41. The maximum Gasteiger partial charge on any atom is 0.240 e. The molecular formula is C19H22N2O4S. The summed E-state index contributed by atoms with van der Waals surface area (Å²) in [6, 6.07) is 12.5. The highest BCUT2D eigenvalue weighted by Gasteiger charge is 2.26. The van der Waals surface area contributed by atoms with Crippen LogP contribution in [0.15, 0.2) is 47.4 Å². The number of nitrogens with one attached hydrogen (secondary N) is 1. The first-order valence-corrected chi connectivity index (χ1v) is 10.00. The van der Waals surface area contributed by atoms with E-state index in [9.17, 15) is 13.2 Å². The summed E-state index contributed by atoms with van der Waals surface area (Å²) < 4.78 is 33.0. The zero-order valence-corrected chi connectivity index (χ0v) is 15.7. The Bertz CT molecular complexity index is 925. The quantitative estimate of drug-likeness (QED) is 0.754. The second-order valence-corrected chi connectivity index (χ2v) is 7.93. The van der Waals surface area contributed by atoms with Crippen molar-refractivity contribution in [3.05, 3.63) is 53.6 Å². The van der Waals surface area contributed by atoms with E-state index in [1.54, 1.807) is 19.2 Å². The maximum atomic E-state index is 12.4. The number of amides is 1. The lowest BCUT2D eigenvalue weighted by Crippen LogP contribution is -2.28. The minimum atomic E-state index is -3.64. The monoisotopic (exact) mass is 374 g/mol. The first-order chi connectivity index (χ1) is 12.4. The Morgan fingerprint density at radius 1 is 1.19 bits per heavy atom. The van der Waals surface area contributed by atoms with E-state index in [-0.39, 0.29) is 30.4 Å². The lowest BCUT2D eigenvalue weighted by molar-refractivity contribution is -0.117. The van der Waals surface area contributed by atoms with Crippen molar-refractivity contribution < 1.29 is 17.9 Å². The summed E-state index contributed by atoms with van der Waals surface area (Å²) in [5.41, 5.74) is 2.65. The normalized spacial score (nSPS) is 13.8. The van der Waals surface area contributed by atoms with Gasteiger partial charge in [-0.1, -0.05) is 19.1 Å². The van der Waals surface area contributed by atoms with Gasteiger partial charge in [0.1, 0.15) is 12.4 Å². The second-order valence-electron chi connectivity index (χ2n) is 6.17. The fourth-order valence-corrected chi connectivity index (χ4v) is 3.96. The van der Waals surface area contributed by atoms with Crippen LogP contribution in [-0.4, -0.2) is 34.5 Å². The number of sulfonamides is 1. The Kier molecular flexibility index (Phi) is 5.29. The number of aryl methyl sites for hydroxylation is 1. The molecule has 0 radical (unpaired) electrons. The van der Waals surface area contributed by atoms with Gasteiger partial charge in [-0.05, 0) is 47.9 Å². The average Bonchev–Trinajstić information content (AvgIpc) is 2.92. The van der Waals surface area contributed by atoms with E-state index in [4.69, 9.17) is 4.74 Å². The van der Waals surface area contributed by atoms with Crippen LogP contribution in [0, 0.1) is 0 Å². The van der Waals surface area contributed by atoms with E-state index in [1.807, 2.05) is 24.3 Å². The number of ether oxygens (including phenoxy) is 1. The van der Waals surface area contributed by atoms with E-state index in [1.165, 1.54) is 16.5 Å². The van der Waals surface area contributed by atoms with Gasteiger partial charge in [-0.2, -0.15) is 0 Å². The molecule has 138 valence electrons. The molecule has 1 aliphatic heterocycles. The molecule has 1 N–H and O–H groups in total. The van der Waals surface area contributed by atoms with Gasteiger partial charge in [-0.3, -0.25) is 4.79 Å². The van der Waals surface area contributed by atoms with Gasteiger partial charge in [0.05, 0.1) is 11.3 Å². The standard InChI is InChI=1S/C19H22N2O4S/c1-3-14-5-4-6-16(11-14)25-10-9-20-26(23,24)17-7-8-18-15(12-17)13-19(22)21(18)2/h4-8,11-12,20H,3,9-10,13H2,1-2H3. The Balaban J connectivity index is 1.59. The van der Waals surface area contributed by atoms with Gasteiger partial charge in [0.15, 0.2) is 0 Å². The number of fused-ring (bicyclic) bond motifs is 1. The Morgan fingerprint density at radius 2 is 2.00 bits per heavy atom. The fourth-order valence-electron chi connectivity index (χ4n) is 2.90. The van der Waals surface area contributed by atoms with Crippen LogP contribution >= 0.6 is 0 Å². The first kappa shape index (κ1) is 18.4. The molecule has 2 aromatic carbocycles. The molecule has 0 atom stereocenters. The summed E-state index contributed by atoms with van der Waals surface area (Å²) in [6.45, 7) is 2.46. The van der Waals surface area contributed by atoms with E-state index in [2.05, 4.69) is 11.6 Å². The summed E-state index contributed by atoms with van der Waals surface area (Å²) in [7, 11) is -1.96. The van der Waals surface area contributed by atoms with Gasteiger partial charge in [0.2, 0.25) is 15.9 Å². The largest absolute Gasteiger partial charge is 0.492 e. The third-order valence-corrected chi connectivity index (χ3v) is 5.87. The molecule has 6 nitrogen and oxygen atoms in total. The molecule has 7 heteroatoms. The number of likely N-dealkylation sites (N-methyl/N-ethyl adjacent to an activating group) is 1. The van der Waals surface area contributed by atoms with Gasteiger partial charge >= 0.3 is 0 Å². The van der Waals surface area contributed by atoms with E-state index >= 15 is 0 Å². The number of anilines is 1. The molecule has 0 aliphatic carbocycles. The molecule has 1 heterocycles. The van der Waals surface area contributed by atoms with Gasteiger partial charge in [-0.15, -0.1) is 0 Å². The van der Waals surface area contributed by atoms with E-state index in [0.717, 1.165) is 23.4 Å². The topological polar surface area (TPSA) is 75.7 Å². The highest BCUT2D eigenvalue weighted by atomic mass is 32.2. The van der Waals surface area contributed by atoms with Crippen LogP contribution in [0.3, 0.4) is 0 Å². The van der Waals surface area contributed by atoms with Crippen molar-refractivity contribution in [1.29, 1.82) is 0 Å². The molecule has 1 amide bonds. The number of carbonyl (C=O) groups is 1. The average molecular weight is 374 g/mol. The Labute approximate surface area is 153 Å². The SMILES string of the molecule is CCc1cccc(OCCNS(=O)(=O)c2ccc3c(c2)CC(=O)N3C)c1. The molecule has 26 heavy (non-hydrogen) atoms. The lowest BCUT2D eigenvalue weighted by Gasteiger charge is -2.12. The van der Waals surface area contributed by atoms with E-state index in [0.29, 0.717) is 0 Å². The number of hydrogen-bond donors (Lipinski definition) is 1. The Morgan fingerprint density at radius 3 is 2.77 bits per heavy atom. The predicted octanol–water partition coefficient (Wildman–Crippen LogP) is 2.13. The fraction of sp³-hybridized carbons (Fsp3) is 0.316. The van der Waals surface area contributed by atoms with Crippen molar-refractivity contribution in [1.82, 2.24) is 4.72 Å². The molecule has 2 aromatic rings. The molecular weight excluding hydrogens is 352 g/mol. The molecule has 0 bridgehead atoms. The van der Waals surface area contributed by atoms with Crippen LogP contribution in [0.2, 0.25) is 0 Å². The molecule has 0 aromatic heterocycles. The molecule has 0 saturated heterocycles. The van der Waals surface area contributed by atoms with Crippen LogP contribution in [-0.2, 0) is 27.7 Å². The summed E-state index contributed by atoms with van der Waals surface area (Å²) in [6.07, 6.45) is 1.14. The minimum absolute atomic E-state index is 0.0368. The second kappa shape index (κ2) is 7.47. The molecule has 0 unspecified atom stereocenters. The highest BCUT2D eigenvalue weighted by Crippen LogP contribution is 2.29. The van der Waals surface area contributed by atoms with Crippen molar-refractivity contribution in [3.63, 3.8) is 0 Å². The zero-order chi connectivity index (χ0) is 18.7. The molecule has 3 rings (SSSR count). The van der Waals surface area contributed by atoms with E-state index < -0.39 is 10.0 Å². The van der Waals surface area contributed by atoms with Crippen LogP contribution in [0.25, 0.3) is 0 Å². The summed E-state index contributed by atoms with van der Waals surface area (Å²) >= 11 is 0. The number of hydrogen-bond acceptors (Lipinski definition) is 4. The predicted molar refractivity (Wildman–Crippen MR) is 100 cm³/mol. The highest BCUT2D eigenvalue weighted by molar-refractivity contribution is 7.89. The number of benzene rings is 2.